The summed E-state index contributed by atoms with van der Waals surface area (Å²) < 4.78 is 30.6. The van der Waals surface area contributed by atoms with Crippen LogP contribution in [-0.2, 0) is 10.1 Å². The van der Waals surface area contributed by atoms with E-state index in [-0.39, 0.29) is 4.90 Å². The van der Waals surface area contributed by atoms with E-state index in [1.54, 1.807) is 19.1 Å². The molecule has 1 N–H and O–H groups in total. The van der Waals surface area contributed by atoms with Gasteiger partial charge in [0.25, 0.3) is 10.1 Å². The molecule has 0 amide bonds. The van der Waals surface area contributed by atoms with Gasteiger partial charge in [-0.15, -0.1) is 19.7 Å². The second kappa shape index (κ2) is 17.7. The number of benzene rings is 1. The van der Waals surface area contributed by atoms with Crippen LogP contribution in [0.15, 0.2) is 42.8 Å². The van der Waals surface area contributed by atoms with E-state index in [2.05, 4.69) is 19.7 Å². The topological polar surface area (TPSA) is 54.4 Å². The number of hydrogen-bond donors (Lipinski definition) is 1. The van der Waals surface area contributed by atoms with Crippen molar-refractivity contribution in [3.8, 4) is 0 Å². The third-order valence-corrected chi connectivity index (χ3v) is 3.06. The maximum Gasteiger partial charge on any atom is 0.294 e. The first-order chi connectivity index (χ1) is 10.2. The van der Waals surface area contributed by atoms with Gasteiger partial charge in [-0.05, 0) is 50.5 Å². The summed E-state index contributed by atoms with van der Waals surface area (Å²) in [6.45, 7) is 24.6. The number of rotatable bonds is 1. The molecule has 0 bridgehead atoms. The van der Waals surface area contributed by atoms with Crippen LogP contribution in [0.25, 0.3) is 0 Å². The van der Waals surface area contributed by atoms with Gasteiger partial charge in [0.2, 0.25) is 0 Å². The van der Waals surface area contributed by atoms with E-state index < -0.39 is 10.1 Å². The van der Waals surface area contributed by atoms with Gasteiger partial charge in [0.05, 0.1) is 4.90 Å². The molecular weight excluding hydrogens is 296 g/mol. The van der Waals surface area contributed by atoms with Crippen LogP contribution in [0.3, 0.4) is 0 Å². The second-order valence-corrected chi connectivity index (χ2v) is 4.98. The average Bonchev–Trinajstić information content (AvgIpc) is 2.49. The maximum absolute atomic E-state index is 10.9. The Kier molecular flexibility index (Phi) is 23.1. The van der Waals surface area contributed by atoms with Crippen molar-refractivity contribution in [3.05, 3.63) is 54.6 Å². The summed E-state index contributed by atoms with van der Waals surface area (Å²) in [5, 5.41) is 0. The Labute approximate surface area is 138 Å². The second-order valence-electron chi connectivity index (χ2n) is 3.59. The van der Waals surface area contributed by atoms with Crippen LogP contribution in [-0.4, -0.2) is 13.0 Å². The molecule has 0 radical (unpaired) electrons. The highest BCUT2D eigenvalue weighted by Crippen LogP contribution is 2.19. The van der Waals surface area contributed by atoms with E-state index >= 15 is 0 Å². The summed E-state index contributed by atoms with van der Waals surface area (Å²) in [7, 11) is -4.07. The van der Waals surface area contributed by atoms with Crippen LogP contribution in [0.4, 0.5) is 0 Å². The van der Waals surface area contributed by atoms with Crippen LogP contribution in [0.1, 0.15) is 51.3 Å². The minimum absolute atomic E-state index is 0.00407. The highest BCUT2D eigenvalue weighted by molar-refractivity contribution is 7.85. The van der Waals surface area contributed by atoms with E-state index in [4.69, 9.17) is 4.55 Å². The highest BCUT2D eigenvalue weighted by Gasteiger charge is 2.13. The van der Waals surface area contributed by atoms with E-state index in [1.165, 1.54) is 6.07 Å². The van der Waals surface area contributed by atoms with E-state index in [9.17, 15) is 8.42 Å². The van der Waals surface area contributed by atoms with Gasteiger partial charge in [-0.3, -0.25) is 4.55 Å². The van der Waals surface area contributed by atoms with Crippen LogP contribution in [0, 0.1) is 20.8 Å². The molecule has 22 heavy (non-hydrogen) atoms. The Hall–Kier alpha value is -1.39. The maximum atomic E-state index is 10.9. The molecule has 0 aliphatic rings. The molecule has 0 aliphatic heterocycles. The fourth-order valence-electron chi connectivity index (χ4n) is 1.21. The van der Waals surface area contributed by atoms with Crippen LogP contribution >= 0.6 is 0 Å². The SMILES string of the molecule is C=C.C=CC.CC.CC.Cc1cc(C)c(S(=O)(=O)O)cc1C. The van der Waals surface area contributed by atoms with E-state index in [0.29, 0.717) is 5.56 Å². The Morgan fingerprint density at radius 1 is 0.909 bits per heavy atom. The minimum atomic E-state index is -4.07. The van der Waals surface area contributed by atoms with E-state index in [1.807, 2.05) is 48.5 Å². The minimum Gasteiger partial charge on any atom is -0.282 e. The van der Waals surface area contributed by atoms with Gasteiger partial charge in [-0.25, -0.2) is 0 Å². The van der Waals surface area contributed by atoms with Crippen molar-refractivity contribution in [2.75, 3.05) is 0 Å². The van der Waals surface area contributed by atoms with Gasteiger partial charge < -0.3 is 0 Å². The van der Waals surface area contributed by atoms with Crippen molar-refractivity contribution in [1.29, 1.82) is 0 Å². The molecule has 0 fully saturated rings. The lowest BCUT2D eigenvalue weighted by Gasteiger charge is -2.06. The van der Waals surface area contributed by atoms with Gasteiger partial charge >= 0.3 is 0 Å². The van der Waals surface area contributed by atoms with Crippen molar-refractivity contribution >= 4 is 10.1 Å². The van der Waals surface area contributed by atoms with Crippen LogP contribution in [0.5, 0.6) is 0 Å². The predicted octanol–water partition coefficient (Wildman–Crippen LogP) is 5.91. The Balaban J connectivity index is -0.000000153. The fraction of sp³-hybridized carbons (Fsp3) is 0.444. The van der Waals surface area contributed by atoms with Crippen molar-refractivity contribution in [3.63, 3.8) is 0 Å². The van der Waals surface area contributed by atoms with Crippen molar-refractivity contribution < 1.29 is 13.0 Å². The number of hydrogen-bond acceptors (Lipinski definition) is 2. The summed E-state index contributed by atoms with van der Waals surface area (Å²) >= 11 is 0. The van der Waals surface area contributed by atoms with Crippen LogP contribution < -0.4 is 0 Å². The molecule has 4 heteroatoms. The zero-order valence-electron chi connectivity index (χ0n) is 15.5. The first-order valence-corrected chi connectivity index (χ1v) is 8.80. The molecule has 130 valence electrons. The summed E-state index contributed by atoms with van der Waals surface area (Å²) in [6, 6.07) is 3.23. The standard InChI is InChI=1S/C9H12O3S.C3H6.2C2H6.C2H4/c1-6-4-8(3)9(5-7(6)2)13(10,11)12;1-3-2;3*1-2/h4-5H,1-3H3,(H,10,11,12);3H,1H2,2H3;2*1-2H3;1-2H2. The Bertz CT molecular complexity index is 489. The molecule has 0 atom stereocenters. The predicted molar refractivity (Wildman–Crippen MR) is 100 cm³/mol. The van der Waals surface area contributed by atoms with Crippen LogP contribution in [0.2, 0.25) is 0 Å². The third kappa shape index (κ3) is 13.6. The largest absolute Gasteiger partial charge is 0.294 e. The summed E-state index contributed by atoms with van der Waals surface area (Å²) in [5.41, 5.74) is 2.45. The highest BCUT2D eigenvalue weighted by atomic mass is 32.2. The zero-order valence-corrected chi connectivity index (χ0v) is 16.3. The molecular formula is C18H34O3S. The molecule has 0 unspecified atom stereocenters. The smallest absolute Gasteiger partial charge is 0.282 e. The normalized spacial score (nSPS) is 8.23. The van der Waals surface area contributed by atoms with Crippen molar-refractivity contribution in [2.24, 2.45) is 0 Å². The molecule has 0 aliphatic carbocycles. The lowest BCUT2D eigenvalue weighted by atomic mass is 10.1. The Morgan fingerprint density at radius 2 is 1.18 bits per heavy atom. The summed E-state index contributed by atoms with van der Waals surface area (Å²) in [5.74, 6) is 0. The first-order valence-electron chi connectivity index (χ1n) is 7.36. The van der Waals surface area contributed by atoms with Crippen molar-refractivity contribution in [1.82, 2.24) is 0 Å². The first kappa shape index (κ1) is 28.7. The summed E-state index contributed by atoms with van der Waals surface area (Å²) in [6.07, 6.45) is 1.75. The molecule has 3 nitrogen and oxygen atoms in total. The van der Waals surface area contributed by atoms with Gasteiger partial charge in [0, 0.05) is 0 Å². The molecule has 1 aromatic rings. The Morgan fingerprint density at radius 3 is 1.45 bits per heavy atom. The summed E-state index contributed by atoms with van der Waals surface area (Å²) in [4.78, 5) is -0.00407. The zero-order chi connectivity index (χ0) is 18.9. The molecule has 0 aromatic heterocycles. The van der Waals surface area contributed by atoms with Crippen molar-refractivity contribution in [2.45, 2.75) is 60.3 Å². The number of allylic oxidation sites excluding steroid dienone is 1. The van der Waals surface area contributed by atoms with E-state index in [0.717, 1.165) is 11.1 Å². The quantitative estimate of drug-likeness (QED) is 0.514. The third-order valence-electron chi connectivity index (χ3n) is 2.07. The molecule has 0 saturated heterocycles. The van der Waals surface area contributed by atoms with Gasteiger partial charge in [0.15, 0.2) is 0 Å². The van der Waals surface area contributed by atoms with Gasteiger partial charge in [-0.2, -0.15) is 8.42 Å². The molecule has 1 rings (SSSR count). The molecule has 0 saturated carbocycles. The lowest BCUT2D eigenvalue weighted by Crippen LogP contribution is -2.02. The van der Waals surface area contributed by atoms with Gasteiger partial charge in [-0.1, -0.05) is 39.8 Å². The average molecular weight is 331 g/mol. The lowest BCUT2D eigenvalue weighted by molar-refractivity contribution is 0.482. The molecule has 1 aromatic carbocycles. The monoisotopic (exact) mass is 330 g/mol. The molecule has 0 spiro atoms. The molecule has 0 heterocycles. The van der Waals surface area contributed by atoms with Gasteiger partial charge in [0.1, 0.15) is 0 Å². The fourth-order valence-corrected chi connectivity index (χ4v) is 2.00. The number of aryl methyl sites for hydroxylation is 3.